The second-order valence-electron chi connectivity index (χ2n) is 7.37. The van der Waals surface area contributed by atoms with Gasteiger partial charge in [-0.05, 0) is 50.5 Å². The number of benzene rings is 3. The van der Waals surface area contributed by atoms with Crippen LogP contribution in [0.2, 0.25) is 10.0 Å². The molecule has 0 aliphatic heterocycles. The molecule has 156 valence electrons. The maximum atomic E-state index is 9.66. The molecule has 31 heavy (non-hydrogen) atoms. The Balaban J connectivity index is 1.83. The van der Waals surface area contributed by atoms with Crippen LogP contribution in [0.25, 0.3) is 21.7 Å². The molecule has 1 aromatic heterocycles. The fraction of sp³-hybridized carbons (Fsp3) is 0.167. The van der Waals surface area contributed by atoms with E-state index in [0.29, 0.717) is 33.6 Å². The molecule has 3 aromatic carbocycles. The summed E-state index contributed by atoms with van der Waals surface area (Å²) < 4.78 is 6.01. The van der Waals surface area contributed by atoms with Crippen molar-refractivity contribution in [2.45, 2.75) is 0 Å². The molecule has 0 fully saturated rings. The van der Waals surface area contributed by atoms with Crippen molar-refractivity contribution >= 4 is 56.3 Å². The number of hydrogen-bond acceptors (Lipinski definition) is 5. The predicted molar refractivity (Wildman–Crippen MR) is 128 cm³/mol. The topological polar surface area (TPSA) is 61.2 Å². The number of anilines is 2. The molecule has 1 N–H and O–H groups in total. The molecular weight excluding hydrogens is 431 g/mol. The van der Waals surface area contributed by atoms with Gasteiger partial charge in [0.05, 0.1) is 27.5 Å². The molecule has 0 atom stereocenters. The Bertz CT molecular complexity index is 1310. The van der Waals surface area contributed by atoms with E-state index in [1.807, 2.05) is 44.4 Å². The molecule has 4 rings (SSSR count). The fourth-order valence-corrected chi connectivity index (χ4v) is 3.86. The van der Waals surface area contributed by atoms with Gasteiger partial charge in [-0.25, -0.2) is 0 Å². The van der Waals surface area contributed by atoms with E-state index in [-0.39, 0.29) is 0 Å². The number of nitrogens with one attached hydrogen (secondary N) is 1. The van der Waals surface area contributed by atoms with Gasteiger partial charge in [0, 0.05) is 33.9 Å². The third-order valence-electron chi connectivity index (χ3n) is 4.96. The first kappa shape index (κ1) is 21.2. The summed E-state index contributed by atoms with van der Waals surface area (Å²) >= 11 is 12.4. The van der Waals surface area contributed by atoms with Crippen molar-refractivity contribution in [1.82, 2.24) is 9.88 Å². The lowest BCUT2D eigenvalue weighted by atomic mass is 10.0. The summed E-state index contributed by atoms with van der Waals surface area (Å²) in [7, 11) is 4.02. The Morgan fingerprint density at radius 2 is 1.87 bits per heavy atom. The van der Waals surface area contributed by atoms with Crippen LogP contribution in [0.5, 0.6) is 5.75 Å². The fourth-order valence-electron chi connectivity index (χ4n) is 3.40. The summed E-state index contributed by atoms with van der Waals surface area (Å²) in [6, 6.07) is 17.3. The second kappa shape index (κ2) is 8.99. The Kier molecular flexibility index (Phi) is 6.15. The summed E-state index contributed by atoms with van der Waals surface area (Å²) in [5.74, 6) is 0.808. The molecule has 0 aliphatic rings. The van der Waals surface area contributed by atoms with E-state index in [1.165, 1.54) is 0 Å². The summed E-state index contributed by atoms with van der Waals surface area (Å²) in [4.78, 5) is 6.66. The van der Waals surface area contributed by atoms with Crippen molar-refractivity contribution < 1.29 is 4.74 Å². The monoisotopic (exact) mass is 450 g/mol. The minimum absolute atomic E-state index is 0.427. The molecule has 0 saturated heterocycles. The average molecular weight is 451 g/mol. The van der Waals surface area contributed by atoms with Crippen LogP contribution in [0.1, 0.15) is 5.56 Å². The zero-order valence-electron chi connectivity index (χ0n) is 17.1. The first-order valence-corrected chi connectivity index (χ1v) is 10.5. The Labute approximate surface area is 190 Å². The van der Waals surface area contributed by atoms with Crippen LogP contribution < -0.4 is 10.1 Å². The first-order chi connectivity index (χ1) is 15.0. The second-order valence-corrected chi connectivity index (χ2v) is 8.22. The SMILES string of the molecule is CN(C)CCOc1cccc2c1ccc1c(Nc3ccc(Cl)cc3Cl)c(C#N)cnc12. The van der Waals surface area contributed by atoms with Crippen molar-refractivity contribution in [3.63, 3.8) is 0 Å². The molecule has 0 saturated carbocycles. The highest BCUT2D eigenvalue weighted by Crippen LogP contribution is 2.37. The number of fused-ring (bicyclic) bond motifs is 3. The predicted octanol–water partition coefficient (Wildman–Crippen LogP) is 6.25. The molecule has 0 unspecified atom stereocenters. The highest BCUT2D eigenvalue weighted by atomic mass is 35.5. The van der Waals surface area contributed by atoms with Crippen molar-refractivity contribution in [2.75, 3.05) is 32.6 Å². The van der Waals surface area contributed by atoms with Crippen LogP contribution in [0, 0.1) is 11.3 Å². The molecule has 4 aromatic rings. The smallest absolute Gasteiger partial charge is 0.127 e. The number of likely N-dealkylation sites (N-methyl/N-ethyl adjacent to an activating group) is 1. The summed E-state index contributed by atoms with van der Waals surface area (Å²) in [6.07, 6.45) is 1.58. The van der Waals surface area contributed by atoms with Gasteiger partial charge in [-0.1, -0.05) is 35.3 Å². The third kappa shape index (κ3) is 4.38. The highest BCUT2D eigenvalue weighted by molar-refractivity contribution is 6.36. The van der Waals surface area contributed by atoms with E-state index in [4.69, 9.17) is 27.9 Å². The van der Waals surface area contributed by atoms with Gasteiger partial charge in [0.25, 0.3) is 0 Å². The minimum Gasteiger partial charge on any atom is -0.492 e. The number of ether oxygens (including phenoxy) is 1. The number of halogens is 2. The number of aromatic nitrogens is 1. The molecule has 0 amide bonds. The zero-order valence-corrected chi connectivity index (χ0v) is 18.6. The van der Waals surface area contributed by atoms with E-state index >= 15 is 0 Å². The van der Waals surface area contributed by atoms with E-state index in [0.717, 1.165) is 34.0 Å². The van der Waals surface area contributed by atoms with Gasteiger partial charge in [0.15, 0.2) is 0 Å². The number of rotatable bonds is 6. The summed E-state index contributed by atoms with van der Waals surface area (Å²) in [5.41, 5.74) is 2.52. The zero-order chi connectivity index (χ0) is 22.0. The molecule has 7 heteroatoms. The van der Waals surface area contributed by atoms with Gasteiger partial charge >= 0.3 is 0 Å². The quantitative estimate of drug-likeness (QED) is 0.351. The highest BCUT2D eigenvalue weighted by Gasteiger charge is 2.14. The molecule has 0 bridgehead atoms. The molecule has 0 spiro atoms. The maximum absolute atomic E-state index is 9.66. The maximum Gasteiger partial charge on any atom is 0.127 e. The number of nitriles is 1. The van der Waals surface area contributed by atoms with Crippen LogP contribution in [0.15, 0.2) is 54.7 Å². The van der Waals surface area contributed by atoms with Crippen LogP contribution in [-0.2, 0) is 0 Å². The van der Waals surface area contributed by atoms with Gasteiger partial charge in [0.2, 0.25) is 0 Å². The van der Waals surface area contributed by atoms with E-state index in [9.17, 15) is 5.26 Å². The van der Waals surface area contributed by atoms with Crippen LogP contribution >= 0.6 is 23.2 Å². The first-order valence-electron chi connectivity index (χ1n) is 9.72. The van der Waals surface area contributed by atoms with Gasteiger partial charge in [-0.15, -0.1) is 0 Å². The molecule has 0 radical (unpaired) electrons. The largest absolute Gasteiger partial charge is 0.492 e. The van der Waals surface area contributed by atoms with Gasteiger partial charge in [-0.2, -0.15) is 5.26 Å². The Morgan fingerprint density at radius 1 is 1.06 bits per heavy atom. The van der Waals surface area contributed by atoms with Gasteiger partial charge in [0.1, 0.15) is 18.4 Å². The van der Waals surface area contributed by atoms with Crippen LogP contribution in [0.3, 0.4) is 0 Å². The summed E-state index contributed by atoms with van der Waals surface area (Å²) in [5, 5.41) is 16.7. The standard InChI is InChI=1S/C24H20Cl2N4O/c1-30(2)10-11-31-22-5-3-4-18-17(22)7-8-19-23(15(13-27)14-28-24(18)19)29-21-9-6-16(25)12-20(21)26/h3-9,12,14H,10-11H2,1-2H3,(H,28,29). The van der Waals surface area contributed by atoms with Crippen molar-refractivity contribution in [2.24, 2.45) is 0 Å². The normalized spacial score (nSPS) is 11.1. The number of pyridine rings is 1. The molecule has 1 heterocycles. The van der Waals surface area contributed by atoms with Crippen molar-refractivity contribution in [3.8, 4) is 11.8 Å². The van der Waals surface area contributed by atoms with E-state index in [2.05, 4.69) is 21.3 Å². The van der Waals surface area contributed by atoms with Crippen LogP contribution in [0.4, 0.5) is 11.4 Å². The molecule has 5 nitrogen and oxygen atoms in total. The van der Waals surface area contributed by atoms with E-state index in [1.54, 1.807) is 24.4 Å². The van der Waals surface area contributed by atoms with E-state index < -0.39 is 0 Å². The molecular formula is C24H20Cl2N4O. The number of hydrogen-bond donors (Lipinski definition) is 1. The van der Waals surface area contributed by atoms with Crippen molar-refractivity contribution in [1.29, 1.82) is 5.26 Å². The number of nitrogens with zero attached hydrogens (tertiary/aromatic N) is 3. The lowest BCUT2D eigenvalue weighted by Gasteiger charge is -2.16. The average Bonchev–Trinajstić information content (AvgIpc) is 2.75. The van der Waals surface area contributed by atoms with Gasteiger partial charge in [-0.3, -0.25) is 4.98 Å². The molecule has 0 aliphatic carbocycles. The Morgan fingerprint density at radius 3 is 2.61 bits per heavy atom. The lowest BCUT2D eigenvalue weighted by molar-refractivity contribution is 0.263. The third-order valence-corrected chi connectivity index (χ3v) is 5.51. The summed E-state index contributed by atoms with van der Waals surface area (Å²) in [6.45, 7) is 1.41. The van der Waals surface area contributed by atoms with Crippen molar-refractivity contribution in [3.05, 3.63) is 70.3 Å². The minimum atomic E-state index is 0.427. The van der Waals surface area contributed by atoms with Crippen LogP contribution in [-0.4, -0.2) is 37.1 Å². The van der Waals surface area contributed by atoms with Gasteiger partial charge < -0.3 is 15.0 Å². The lowest BCUT2D eigenvalue weighted by Crippen LogP contribution is -2.19. The Hall–Kier alpha value is -3.04.